The summed E-state index contributed by atoms with van der Waals surface area (Å²) in [5, 5.41) is 7.04. The van der Waals surface area contributed by atoms with Gasteiger partial charge in [0.05, 0.1) is 17.7 Å². The second-order valence-electron chi connectivity index (χ2n) is 7.09. The molecule has 3 N–H and O–H groups in total. The zero-order chi connectivity index (χ0) is 18.5. The summed E-state index contributed by atoms with van der Waals surface area (Å²) in [4.78, 5) is 12.2. The lowest BCUT2D eigenvalue weighted by atomic mass is 9.91. The van der Waals surface area contributed by atoms with E-state index < -0.39 is 0 Å². The minimum Gasteiger partial charge on any atom is -0.489 e. The minimum atomic E-state index is 0.0647. The second kappa shape index (κ2) is 8.36. The number of hydrogen-bond acceptors (Lipinski definition) is 5. The zero-order valence-electron chi connectivity index (χ0n) is 15.5. The second-order valence-corrected chi connectivity index (χ2v) is 7.09. The van der Waals surface area contributed by atoms with Crippen LogP contribution in [-0.2, 0) is 17.8 Å². The molecule has 0 saturated heterocycles. The summed E-state index contributed by atoms with van der Waals surface area (Å²) in [7, 11) is 0. The Morgan fingerprint density at radius 1 is 1.23 bits per heavy atom. The van der Waals surface area contributed by atoms with E-state index in [1.807, 2.05) is 38.1 Å². The molecule has 1 aromatic heterocycles. The van der Waals surface area contributed by atoms with Crippen molar-refractivity contribution >= 4 is 5.91 Å². The molecule has 1 saturated carbocycles. The predicted molar refractivity (Wildman–Crippen MR) is 98.8 cm³/mol. The SMILES string of the molecule is Cc1noc(C)c1COc1ccc(CC(=O)NC2CCC(N)CC2)cc1. The largest absolute Gasteiger partial charge is 0.489 e. The van der Waals surface area contributed by atoms with Gasteiger partial charge in [0.15, 0.2) is 0 Å². The average molecular weight is 357 g/mol. The van der Waals surface area contributed by atoms with Gasteiger partial charge in [-0.25, -0.2) is 0 Å². The van der Waals surface area contributed by atoms with Gasteiger partial charge in [0.2, 0.25) is 5.91 Å². The molecule has 6 heteroatoms. The maximum Gasteiger partial charge on any atom is 0.224 e. The number of ether oxygens (including phenoxy) is 1. The van der Waals surface area contributed by atoms with Crippen molar-refractivity contribution in [2.24, 2.45) is 5.73 Å². The Balaban J connectivity index is 1.47. The molecule has 0 aliphatic heterocycles. The number of aryl methyl sites for hydroxylation is 2. The van der Waals surface area contributed by atoms with Crippen molar-refractivity contribution in [3.05, 3.63) is 46.8 Å². The van der Waals surface area contributed by atoms with E-state index in [0.717, 1.165) is 54.0 Å². The number of carbonyl (C=O) groups is 1. The van der Waals surface area contributed by atoms with Gasteiger partial charge in [-0.05, 0) is 57.2 Å². The van der Waals surface area contributed by atoms with Crippen LogP contribution in [0.4, 0.5) is 0 Å². The van der Waals surface area contributed by atoms with Gasteiger partial charge in [0.1, 0.15) is 18.1 Å². The summed E-state index contributed by atoms with van der Waals surface area (Å²) in [5.74, 6) is 1.60. The maximum atomic E-state index is 12.2. The monoisotopic (exact) mass is 357 g/mol. The summed E-state index contributed by atoms with van der Waals surface area (Å²) < 4.78 is 10.9. The lowest BCUT2D eigenvalue weighted by Crippen LogP contribution is -2.41. The van der Waals surface area contributed by atoms with Crippen molar-refractivity contribution in [2.45, 2.75) is 64.6 Å². The lowest BCUT2D eigenvalue weighted by molar-refractivity contribution is -0.121. The number of amides is 1. The van der Waals surface area contributed by atoms with Crippen LogP contribution < -0.4 is 15.8 Å². The van der Waals surface area contributed by atoms with Gasteiger partial charge in [-0.1, -0.05) is 17.3 Å². The first kappa shape index (κ1) is 18.5. The van der Waals surface area contributed by atoms with E-state index >= 15 is 0 Å². The molecule has 26 heavy (non-hydrogen) atoms. The van der Waals surface area contributed by atoms with Crippen molar-refractivity contribution in [1.82, 2.24) is 10.5 Å². The molecule has 3 rings (SSSR count). The topological polar surface area (TPSA) is 90.4 Å². The van der Waals surface area contributed by atoms with Crippen LogP contribution in [0, 0.1) is 13.8 Å². The first-order valence-electron chi connectivity index (χ1n) is 9.19. The maximum absolute atomic E-state index is 12.2. The molecule has 1 aliphatic rings. The first-order chi connectivity index (χ1) is 12.5. The summed E-state index contributed by atoms with van der Waals surface area (Å²) in [6, 6.07) is 8.19. The Bertz CT molecular complexity index is 712. The van der Waals surface area contributed by atoms with E-state index in [2.05, 4.69) is 10.5 Å². The summed E-state index contributed by atoms with van der Waals surface area (Å²) in [6.07, 6.45) is 4.31. The molecule has 6 nitrogen and oxygen atoms in total. The van der Waals surface area contributed by atoms with Crippen molar-refractivity contribution in [3.8, 4) is 5.75 Å². The molecule has 2 aromatic rings. The first-order valence-corrected chi connectivity index (χ1v) is 9.19. The summed E-state index contributed by atoms with van der Waals surface area (Å²) >= 11 is 0. The Labute approximate surface area is 154 Å². The number of carbonyl (C=O) groups excluding carboxylic acids is 1. The molecule has 0 bridgehead atoms. The zero-order valence-corrected chi connectivity index (χ0v) is 15.5. The number of nitrogens with two attached hydrogens (primary N) is 1. The van der Waals surface area contributed by atoms with Gasteiger partial charge in [-0.15, -0.1) is 0 Å². The molecule has 0 spiro atoms. The highest BCUT2D eigenvalue weighted by atomic mass is 16.5. The van der Waals surface area contributed by atoms with E-state index in [1.54, 1.807) is 0 Å². The van der Waals surface area contributed by atoms with Crippen molar-refractivity contribution < 1.29 is 14.1 Å². The van der Waals surface area contributed by atoms with E-state index in [0.29, 0.717) is 19.1 Å². The Morgan fingerprint density at radius 3 is 2.54 bits per heavy atom. The van der Waals surface area contributed by atoms with Crippen molar-refractivity contribution in [3.63, 3.8) is 0 Å². The van der Waals surface area contributed by atoms with Gasteiger partial charge in [0.25, 0.3) is 0 Å². The molecule has 1 aliphatic carbocycles. The van der Waals surface area contributed by atoms with Crippen LogP contribution >= 0.6 is 0 Å². The van der Waals surface area contributed by atoms with Crippen LogP contribution in [0.3, 0.4) is 0 Å². The molecule has 1 aromatic carbocycles. The Morgan fingerprint density at radius 2 is 1.92 bits per heavy atom. The van der Waals surface area contributed by atoms with Crippen LogP contribution in [0.15, 0.2) is 28.8 Å². The average Bonchev–Trinajstić information content (AvgIpc) is 2.94. The van der Waals surface area contributed by atoms with Crippen LogP contribution in [0.25, 0.3) is 0 Å². The van der Waals surface area contributed by atoms with Gasteiger partial charge >= 0.3 is 0 Å². The molecule has 1 amide bonds. The Kier molecular flexibility index (Phi) is 5.93. The van der Waals surface area contributed by atoms with Gasteiger partial charge in [-0.2, -0.15) is 0 Å². The standard InChI is InChI=1S/C20H27N3O3/c1-13-19(14(2)26-23-13)12-25-18-9-3-15(4-10-18)11-20(24)22-17-7-5-16(21)6-8-17/h3-4,9-10,16-17H,5-8,11-12,21H2,1-2H3,(H,22,24). The third-order valence-corrected chi connectivity index (χ3v) is 4.99. The van der Waals surface area contributed by atoms with Crippen LogP contribution in [0.2, 0.25) is 0 Å². The van der Waals surface area contributed by atoms with Gasteiger partial charge in [0, 0.05) is 12.1 Å². The van der Waals surface area contributed by atoms with Crippen molar-refractivity contribution in [1.29, 1.82) is 0 Å². The minimum absolute atomic E-state index is 0.0647. The number of rotatable bonds is 6. The normalized spacial score (nSPS) is 20.0. The quantitative estimate of drug-likeness (QED) is 0.830. The van der Waals surface area contributed by atoms with Crippen molar-refractivity contribution in [2.75, 3.05) is 0 Å². The number of benzene rings is 1. The smallest absolute Gasteiger partial charge is 0.224 e. The number of hydrogen-bond donors (Lipinski definition) is 2. The van der Waals surface area contributed by atoms with Crippen LogP contribution in [0.1, 0.15) is 48.3 Å². The van der Waals surface area contributed by atoms with Gasteiger partial charge < -0.3 is 20.3 Å². The van der Waals surface area contributed by atoms with E-state index in [4.69, 9.17) is 15.0 Å². The molecular weight excluding hydrogens is 330 g/mol. The number of nitrogens with one attached hydrogen (secondary N) is 1. The molecular formula is C20H27N3O3. The van der Waals surface area contributed by atoms with Crippen LogP contribution in [0.5, 0.6) is 5.75 Å². The fourth-order valence-corrected chi connectivity index (χ4v) is 3.29. The van der Waals surface area contributed by atoms with E-state index in [1.165, 1.54) is 0 Å². The summed E-state index contributed by atoms with van der Waals surface area (Å²) in [5.41, 5.74) is 8.70. The predicted octanol–water partition coefficient (Wildman–Crippen LogP) is 2.80. The molecule has 0 atom stereocenters. The molecule has 140 valence electrons. The molecule has 0 radical (unpaired) electrons. The molecule has 0 unspecified atom stereocenters. The van der Waals surface area contributed by atoms with E-state index in [9.17, 15) is 4.79 Å². The highest BCUT2D eigenvalue weighted by molar-refractivity contribution is 5.78. The Hall–Kier alpha value is -2.34. The third-order valence-electron chi connectivity index (χ3n) is 4.99. The number of aromatic nitrogens is 1. The summed E-state index contributed by atoms with van der Waals surface area (Å²) in [6.45, 7) is 4.20. The highest BCUT2D eigenvalue weighted by Gasteiger charge is 2.20. The molecule has 1 heterocycles. The third kappa shape index (κ3) is 4.85. The van der Waals surface area contributed by atoms with E-state index in [-0.39, 0.29) is 11.9 Å². The van der Waals surface area contributed by atoms with Crippen LogP contribution in [-0.4, -0.2) is 23.1 Å². The fourth-order valence-electron chi connectivity index (χ4n) is 3.29. The lowest BCUT2D eigenvalue weighted by Gasteiger charge is -2.26. The molecule has 1 fully saturated rings. The highest BCUT2D eigenvalue weighted by Crippen LogP contribution is 2.19. The number of nitrogens with zero attached hydrogens (tertiary/aromatic N) is 1. The van der Waals surface area contributed by atoms with Gasteiger partial charge in [-0.3, -0.25) is 4.79 Å². The fraction of sp³-hybridized carbons (Fsp3) is 0.500.